The molecule has 2 heterocycles. The quantitative estimate of drug-likeness (QED) is 0.723. The first kappa shape index (κ1) is 22.6. The van der Waals surface area contributed by atoms with E-state index >= 15 is 4.39 Å². The minimum atomic E-state index is -0.584. The molecule has 0 bridgehead atoms. The molecule has 0 saturated carbocycles. The van der Waals surface area contributed by atoms with Crippen LogP contribution in [0.2, 0.25) is 0 Å². The zero-order valence-corrected chi connectivity index (χ0v) is 18.5. The number of nitrogens with zero attached hydrogens (tertiary/aromatic N) is 2. The first-order valence-corrected chi connectivity index (χ1v) is 10.7. The van der Waals surface area contributed by atoms with Crippen LogP contribution in [-0.2, 0) is 26.3 Å². The lowest BCUT2D eigenvalue weighted by Crippen LogP contribution is -2.60. The Labute approximate surface area is 191 Å². The fraction of sp³-hybridized carbons (Fsp3) is 0.375. The monoisotopic (exact) mass is 455 g/mol. The Balaban J connectivity index is 1.35. The molecule has 2 aromatic rings. The van der Waals surface area contributed by atoms with E-state index in [1.807, 2.05) is 37.3 Å². The molecule has 0 spiro atoms. The molecular weight excluding hydrogens is 429 g/mol. The van der Waals surface area contributed by atoms with Gasteiger partial charge in [-0.05, 0) is 23.3 Å². The molecule has 2 aliphatic heterocycles. The average Bonchev–Trinajstić information content (AvgIpc) is 3.15. The van der Waals surface area contributed by atoms with Crippen molar-refractivity contribution in [3.05, 3.63) is 65.5 Å². The van der Waals surface area contributed by atoms with Crippen molar-refractivity contribution >= 4 is 23.8 Å². The van der Waals surface area contributed by atoms with E-state index in [0.717, 1.165) is 5.56 Å². The minimum Gasteiger partial charge on any atom is -0.445 e. The van der Waals surface area contributed by atoms with Gasteiger partial charge in [0, 0.05) is 25.4 Å². The number of hydrogen-bond donors (Lipinski definition) is 1. The number of ether oxygens (including phenoxy) is 2. The van der Waals surface area contributed by atoms with Gasteiger partial charge in [0.15, 0.2) is 0 Å². The summed E-state index contributed by atoms with van der Waals surface area (Å²) in [6, 6.07) is 14.0. The van der Waals surface area contributed by atoms with Crippen molar-refractivity contribution in [2.75, 3.05) is 31.1 Å². The third kappa shape index (κ3) is 4.92. The van der Waals surface area contributed by atoms with E-state index in [4.69, 9.17) is 9.47 Å². The van der Waals surface area contributed by atoms with Gasteiger partial charge in [0.2, 0.25) is 5.91 Å². The Kier molecular flexibility index (Phi) is 6.22. The van der Waals surface area contributed by atoms with Gasteiger partial charge in [0.1, 0.15) is 18.5 Å². The second-order valence-electron chi connectivity index (χ2n) is 8.67. The summed E-state index contributed by atoms with van der Waals surface area (Å²) in [4.78, 5) is 38.4. The van der Waals surface area contributed by atoms with Crippen molar-refractivity contribution in [2.24, 2.45) is 0 Å². The number of carbonyl (C=O) groups excluding carboxylic acids is 3. The van der Waals surface area contributed by atoms with Crippen molar-refractivity contribution < 1.29 is 28.2 Å². The van der Waals surface area contributed by atoms with Crippen LogP contribution in [0.4, 0.5) is 19.7 Å². The summed E-state index contributed by atoms with van der Waals surface area (Å²) in [5.74, 6) is -0.669. The smallest absolute Gasteiger partial charge is 0.414 e. The van der Waals surface area contributed by atoms with Crippen molar-refractivity contribution in [3.63, 3.8) is 0 Å². The van der Waals surface area contributed by atoms with E-state index in [1.165, 1.54) is 17.9 Å². The number of likely N-dealkylation sites (tertiary alicyclic amines) is 1. The first-order chi connectivity index (χ1) is 15.7. The van der Waals surface area contributed by atoms with Gasteiger partial charge in [-0.15, -0.1) is 0 Å². The molecule has 1 atom stereocenters. The van der Waals surface area contributed by atoms with E-state index in [1.54, 1.807) is 17.0 Å². The summed E-state index contributed by atoms with van der Waals surface area (Å²) in [7, 11) is 0. The second kappa shape index (κ2) is 9.09. The van der Waals surface area contributed by atoms with Crippen molar-refractivity contribution in [2.45, 2.75) is 32.0 Å². The molecule has 8 nitrogen and oxygen atoms in total. The van der Waals surface area contributed by atoms with Gasteiger partial charge < -0.3 is 19.7 Å². The molecule has 174 valence electrons. The molecule has 4 rings (SSSR count). The molecule has 33 heavy (non-hydrogen) atoms. The van der Waals surface area contributed by atoms with Gasteiger partial charge in [-0.3, -0.25) is 9.69 Å². The summed E-state index contributed by atoms with van der Waals surface area (Å²) in [5, 5.41) is 2.61. The highest BCUT2D eigenvalue weighted by atomic mass is 19.1. The number of amides is 3. The Morgan fingerprint density at radius 3 is 2.61 bits per heavy atom. The third-order valence-corrected chi connectivity index (χ3v) is 5.91. The molecule has 1 N–H and O–H groups in total. The highest BCUT2D eigenvalue weighted by molar-refractivity contribution is 5.90. The Morgan fingerprint density at radius 2 is 1.94 bits per heavy atom. The molecule has 0 aromatic heterocycles. The summed E-state index contributed by atoms with van der Waals surface area (Å²) >= 11 is 0. The normalized spacial score (nSPS) is 19.0. The lowest BCUT2D eigenvalue weighted by Gasteiger charge is -2.47. The summed E-state index contributed by atoms with van der Waals surface area (Å²) < 4.78 is 25.6. The number of rotatable bonds is 6. The van der Waals surface area contributed by atoms with E-state index in [0.29, 0.717) is 24.3 Å². The number of nitrogens with one attached hydrogen (secondary N) is 1. The fourth-order valence-corrected chi connectivity index (χ4v) is 4.16. The minimum absolute atomic E-state index is 0.185. The zero-order chi connectivity index (χ0) is 23.6. The molecule has 2 fully saturated rings. The maximum Gasteiger partial charge on any atom is 0.414 e. The molecule has 0 unspecified atom stereocenters. The van der Waals surface area contributed by atoms with Gasteiger partial charge in [-0.1, -0.05) is 43.3 Å². The summed E-state index contributed by atoms with van der Waals surface area (Å²) in [5.41, 5.74) is 1.21. The maximum atomic E-state index is 15.0. The molecule has 2 aromatic carbocycles. The molecule has 2 aliphatic rings. The Morgan fingerprint density at radius 1 is 1.21 bits per heavy atom. The number of halogens is 1. The number of anilines is 1. The van der Waals surface area contributed by atoms with Crippen molar-refractivity contribution in [3.8, 4) is 0 Å². The van der Waals surface area contributed by atoms with Crippen LogP contribution in [-0.4, -0.2) is 55.3 Å². The fourth-order valence-electron chi connectivity index (χ4n) is 4.16. The Hall–Kier alpha value is -3.62. The van der Waals surface area contributed by atoms with Crippen molar-refractivity contribution in [1.29, 1.82) is 0 Å². The van der Waals surface area contributed by atoms with Crippen LogP contribution < -0.4 is 10.2 Å². The van der Waals surface area contributed by atoms with Crippen LogP contribution in [0.5, 0.6) is 0 Å². The van der Waals surface area contributed by atoms with Crippen LogP contribution in [0.3, 0.4) is 0 Å². The largest absolute Gasteiger partial charge is 0.445 e. The first-order valence-electron chi connectivity index (χ1n) is 10.7. The summed E-state index contributed by atoms with van der Waals surface area (Å²) in [6.45, 7) is 4.55. The molecule has 2 saturated heterocycles. The molecular formula is C24H26FN3O5. The summed E-state index contributed by atoms with van der Waals surface area (Å²) in [6.07, 6.45) is -1.51. The van der Waals surface area contributed by atoms with E-state index in [-0.39, 0.29) is 25.6 Å². The van der Waals surface area contributed by atoms with Crippen LogP contribution in [0, 0.1) is 5.82 Å². The number of benzene rings is 2. The number of cyclic esters (lactones) is 1. The molecule has 0 radical (unpaired) electrons. The highest BCUT2D eigenvalue weighted by Crippen LogP contribution is 2.37. The highest BCUT2D eigenvalue weighted by Gasteiger charge is 2.45. The van der Waals surface area contributed by atoms with Gasteiger partial charge in [-0.2, -0.15) is 0 Å². The predicted molar refractivity (Wildman–Crippen MR) is 118 cm³/mol. The van der Waals surface area contributed by atoms with Gasteiger partial charge in [0.05, 0.1) is 18.8 Å². The second-order valence-corrected chi connectivity index (χ2v) is 8.67. The topological polar surface area (TPSA) is 88.2 Å². The van der Waals surface area contributed by atoms with Crippen LogP contribution >= 0.6 is 0 Å². The van der Waals surface area contributed by atoms with Gasteiger partial charge >= 0.3 is 12.2 Å². The lowest BCUT2D eigenvalue weighted by molar-refractivity contribution is -0.119. The van der Waals surface area contributed by atoms with Gasteiger partial charge in [0.25, 0.3) is 0 Å². The SMILES string of the molecule is CC(=O)NC[C@H]1CN(c2ccc(C3(C)CN(C(=O)OCc4ccccc4)C3)c(F)c2)C(=O)O1. The molecule has 9 heteroatoms. The van der Waals surface area contributed by atoms with Crippen molar-refractivity contribution in [1.82, 2.24) is 10.2 Å². The molecule has 3 amide bonds. The van der Waals surface area contributed by atoms with E-state index in [9.17, 15) is 14.4 Å². The predicted octanol–water partition coefficient (Wildman–Crippen LogP) is 3.20. The number of carbonyl (C=O) groups is 3. The van der Waals surface area contributed by atoms with Crippen LogP contribution in [0.1, 0.15) is 25.0 Å². The lowest BCUT2D eigenvalue weighted by atomic mass is 9.75. The maximum absolute atomic E-state index is 15.0. The van der Waals surface area contributed by atoms with Gasteiger partial charge in [-0.25, -0.2) is 14.0 Å². The van der Waals surface area contributed by atoms with Crippen LogP contribution in [0.25, 0.3) is 0 Å². The number of hydrogen-bond acceptors (Lipinski definition) is 5. The average molecular weight is 455 g/mol. The zero-order valence-electron chi connectivity index (χ0n) is 18.5. The molecule has 0 aliphatic carbocycles. The van der Waals surface area contributed by atoms with E-state index < -0.39 is 29.5 Å². The standard InChI is InChI=1S/C24H26FN3O5/c1-16(29)26-11-19-12-28(23(31)33-19)18-8-9-20(21(25)10-18)24(2)14-27(15-24)22(30)32-13-17-6-4-3-5-7-17/h3-10,19H,11-15H2,1-2H3,(H,26,29)/t19-/m0/s1. The third-order valence-electron chi connectivity index (χ3n) is 5.91. The van der Waals surface area contributed by atoms with Crippen LogP contribution in [0.15, 0.2) is 48.5 Å². The Bertz CT molecular complexity index is 1060. The van der Waals surface area contributed by atoms with E-state index in [2.05, 4.69) is 5.32 Å².